The fourth-order valence-corrected chi connectivity index (χ4v) is 17.0. The fourth-order valence-electron chi connectivity index (χ4n) is 12.9. The molecular weight excluding hydrogens is 1280 g/mol. The van der Waals surface area contributed by atoms with Crippen molar-refractivity contribution in [2.75, 3.05) is 88.5 Å². The molecule has 0 spiro atoms. The van der Waals surface area contributed by atoms with Crippen LogP contribution in [0.2, 0.25) is 0 Å². The molecule has 0 amide bonds. The molecule has 8 nitrogen and oxygen atoms in total. The first-order chi connectivity index (χ1) is 48.1. The fraction of sp³-hybridized carbons (Fsp3) is 0.814. The van der Waals surface area contributed by atoms with Crippen LogP contribution in [0.15, 0.2) is 97.2 Å². The summed E-state index contributed by atoms with van der Waals surface area (Å²) in [5.74, 6) is 4.21. The van der Waals surface area contributed by atoms with Crippen molar-refractivity contribution in [2.45, 2.75) is 361 Å². The molecule has 1 heterocycles. The minimum Gasteiger partial charge on any atom is -0.392 e. The summed E-state index contributed by atoms with van der Waals surface area (Å²) in [5, 5.41) is 45.1. The lowest BCUT2D eigenvalue weighted by atomic mass is 10.1. The number of unbranched alkanes of at least 4 members (excludes halogenated alkanes) is 28. The SMILES string of the molecule is CCCCC/C=C\C/C=C\CCCCCCC(O)CN(CCSSCCN1CC(C)N(CCSSCCN(CC(O)CCCCCC/C=C\C/C=C\CCCCC)CC(O)CCCCCC/C=C\C/C=C\CCCCC)CC1C)CC(O)CCCCCC/C=C\C/C=C\CCCCC. The second kappa shape index (κ2) is 75.7. The molecule has 98 heavy (non-hydrogen) atoms. The Balaban J connectivity index is 2.59. The van der Waals surface area contributed by atoms with Crippen molar-refractivity contribution in [3.05, 3.63) is 97.2 Å². The predicted molar refractivity (Wildman–Crippen MR) is 448 cm³/mol. The van der Waals surface area contributed by atoms with Crippen LogP contribution in [-0.4, -0.2) is 165 Å². The van der Waals surface area contributed by atoms with E-state index in [9.17, 15) is 20.4 Å². The van der Waals surface area contributed by atoms with Crippen LogP contribution in [0.3, 0.4) is 0 Å². The Morgan fingerprint density at radius 1 is 0.296 bits per heavy atom. The highest BCUT2D eigenvalue weighted by Crippen LogP contribution is 2.26. The Labute approximate surface area is 625 Å². The molecule has 4 N–H and O–H groups in total. The molecule has 1 saturated heterocycles. The van der Waals surface area contributed by atoms with Gasteiger partial charge >= 0.3 is 0 Å². The number of hydrogen-bond acceptors (Lipinski definition) is 12. The van der Waals surface area contributed by atoms with Gasteiger partial charge in [-0.2, -0.15) is 0 Å². The van der Waals surface area contributed by atoms with E-state index in [-0.39, 0.29) is 24.4 Å². The molecule has 1 fully saturated rings. The summed E-state index contributed by atoms with van der Waals surface area (Å²) in [6.07, 6.45) is 87.2. The van der Waals surface area contributed by atoms with Crippen LogP contribution in [0, 0.1) is 0 Å². The number of aliphatic hydroxyl groups excluding tert-OH is 4. The van der Waals surface area contributed by atoms with E-state index in [4.69, 9.17) is 0 Å². The van der Waals surface area contributed by atoms with Gasteiger partial charge in [-0.3, -0.25) is 19.6 Å². The van der Waals surface area contributed by atoms with E-state index in [0.29, 0.717) is 38.3 Å². The lowest BCUT2D eigenvalue weighted by molar-refractivity contribution is 0.0516. The predicted octanol–water partition coefficient (Wildman–Crippen LogP) is 23.9. The number of nitrogens with zero attached hydrogens (tertiary/aromatic N) is 4. The molecule has 572 valence electrons. The van der Waals surface area contributed by atoms with Crippen LogP contribution < -0.4 is 0 Å². The Hall–Kier alpha value is -1.00. The largest absolute Gasteiger partial charge is 0.392 e. The minimum absolute atomic E-state index is 0.350. The van der Waals surface area contributed by atoms with Crippen molar-refractivity contribution < 1.29 is 20.4 Å². The summed E-state index contributed by atoms with van der Waals surface area (Å²) in [5.41, 5.74) is 0. The van der Waals surface area contributed by atoms with Gasteiger partial charge in [0.25, 0.3) is 0 Å². The van der Waals surface area contributed by atoms with Gasteiger partial charge in [0.2, 0.25) is 0 Å². The lowest BCUT2D eigenvalue weighted by Crippen LogP contribution is -2.57. The van der Waals surface area contributed by atoms with Crippen LogP contribution >= 0.6 is 43.2 Å². The first-order valence-corrected chi connectivity index (χ1v) is 46.4. The normalized spacial score (nSPS) is 16.8. The highest BCUT2D eigenvalue weighted by Gasteiger charge is 2.28. The minimum atomic E-state index is -0.350. The Morgan fingerprint density at radius 2 is 0.510 bits per heavy atom. The molecule has 0 aromatic rings. The molecule has 0 aliphatic carbocycles. The Morgan fingerprint density at radius 3 is 0.745 bits per heavy atom. The first-order valence-electron chi connectivity index (χ1n) is 41.5. The average molecular weight is 1440 g/mol. The number of aliphatic hydroxyl groups is 4. The van der Waals surface area contributed by atoms with Crippen LogP contribution in [0.1, 0.15) is 324 Å². The monoisotopic (exact) mass is 1440 g/mol. The van der Waals surface area contributed by atoms with E-state index in [1.165, 1.54) is 180 Å². The summed E-state index contributed by atoms with van der Waals surface area (Å²) in [6, 6.07) is 1.06. The van der Waals surface area contributed by atoms with Gasteiger partial charge in [0.05, 0.1) is 24.4 Å². The van der Waals surface area contributed by atoms with E-state index in [2.05, 4.69) is 158 Å². The molecule has 1 rings (SSSR count). The summed E-state index contributed by atoms with van der Waals surface area (Å²) in [4.78, 5) is 10.1. The highest BCUT2D eigenvalue weighted by molar-refractivity contribution is 8.77. The molecule has 1 aliphatic rings. The van der Waals surface area contributed by atoms with Crippen LogP contribution in [0.25, 0.3) is 0 Å². The second-order valence-electron chi connectivity index (χ2n) is 28.8. The first kappa shape index (κ1) is 95.0. The molecule has 0 saturated carbocycles. The summed E-state index contributed by atoms with van der Waals surface area (Å²) >= 11 is 0. The smallest absolute Gasteiger partial charge is 0.0667 e. The Bertz CT molecular complexity index is 1660. The van der Waals surface area contributed by atoms with Gasteiger partial charge in [-0.25, -0.2) is 0 Å². The number of hydrogen-bond donors (Lipinski definition) is 4. The van der Waals surface area contributed by atoms with Crippen LogP contribution in [-0.2, 0) is 0 Å². The van der Waals surface area contributed by atoms with E-state index >= 15 is 0 Å². The highest BCUT2D eigenvalue weighted by atomic mass is 33.1. The van der Waals surface area contributed by atoms with Crippen molar-refractivity contribution in [2.24, 2.45) is 0 Å². The van der Waals surface area contributed by atoms with Gasteiger partial charge in [-0.15, -0.1) is 0 Å². The standard InChI is InChI=1S/C86H160N4O4S4/c1-7-11-15-19-23-27-31-35-39-43-47-51-55-59-63-83(91)77-87(78-84(92)64-60-56-52-48-44-40-36-32-28-24-20-16-12-8-2)67-71-95-97-73-69-89-75-82(6)90(76-81(89)5)70-74-98-96-72-68-88(79-85(93)65-61-57-53-49-45-41-37-33-29-25-21-17-13-9-3)80-86(94)66-62-58-54-50-46-42-38-34-30-26-22-18-14-10-4/h23-30,35-42,81-86,91-94H,7-22,31-34,43-80H2,1-6H3/b27-23-,28-24-,29-25-,30-26-,39-35-,40-36-,41-37-,42-38-. The molecule has 0 bridgehead atoms. The molecule has 1 aliphatic heterocycles. The van der Waals surface area contributed by atoms with Crippen molar-refractivity contribution >= 4 is 43.2 Å². The molecule has 6 atom stereocenters. The van der Waals surface area contributed by atoms with Gasteiger partial charge in [-0.1, -0.05) is 297 Å². The number of piperazine rings is 1. The molecule has 0 radical (unpaired) electrons. The topological polar surface area (TPSA) is 93.9 Å². The maximum atomic E-state index is 11.3. The van der Waals surface area contributed by atoms with Crippen LogP contribution in [0.4, 0.5) is 0 Å². The van der Waals surface area contributed by atoms with Crippen molar-refractivity contribution in [3.8, 4) is 0 Å². The third-order valence-electron chi connectivity index (χ3n) is 19.1. The van der Waals surface area contributed by atoms with Gasteiger partial charge in [-0.05, 0) is 168 Å². The molecule has 6 unspecified atom stereocenters. The summed E-state index contributed by atoms with van der Waals surface area (Å²) < 4.78 is 0. The molecule has 12 heteroatoms. The third kappa shape index (κ3) is 65.7. The maximum absolute atomic E-state index is 11.3. The number of rotatable bonds is 74. The van der Waals surface area contributed by atoms with Gasteiger partial charge < -0.3 is 20.4 Å². The molecular formula is C86H160N4O4S4. The van der Waals surface area contributed by atoms with Gasteiger partial charge in [0.1, 0.15) is 0 Å². The van der Waals surface area contributed by atoms with E-state index in [1.807, 2.05) is 43.2 Å². The van der Waals surface area contributed by atoms with Crippen LogP contribution in [0.5, 0.6) is 0 Å². The van der Waals surface area contributed by atoms with Gasteiger partial charge in [0.15, 0.2) is 0 Å². The Kier molecular flexibility index (Phi) is 73.4. The maximum Gasteiger partial charge on any atom is 0.0667 e. The quantitative estimate of drug-likeness (QED) is 0.0265. The zero-order valence-electron chi connectivity index (χ0n) is 64.9. The van der Waals surface area contributed by atoms with Gasteiger partial charge in [0, 0.05) is 101 Å². The van der Waals surface area contributed by atoms with Crippen molar-refractivity contribution in [1.82, 2.24) is 19.6 Å². The van der Waals surface area contributed by atoms with E-state index < -0.39 is 0 Å². The second-order valence-corrected chi connectivity index (χ2v) is 34.2. The average Bonchev–Trinajstić information content (AvgIpc) is 0.867. The summed E-state index contributed by atoms with van der Waals surface area (Å²) in [7, 11) is 7.92. The summed E-state index contributed by atoms with van der Waals surface area (Å²) in [6.45, 7) is 22.7. The zero-order chi connectivity index (χ0) is 70.9. The zero-order valence-corrected chi connectivity index (χ0v) is 68.2. The number of allylic oxidation sites excluding steroid dienone is 16. The van der Waals surface area contributed by atoms with Crippen molar-refractivity contribution in [3.63, 3.8) is 0 Å². The molecule has 0 aromatic heterocycles. The molecule has 0 aromatic carbocycles. The third-order valence-corrected chi connectivity index (χ3v) is 23.9. The van der Waals surface area contributed by atoms with Crippen molar-refractivity contribution in [1.29, 1.82) is 0 Å². The van der Waals surface area contributed by atoms with E-state index in [1.54, 1.807) is 0 Å². The van der Waals surface area contributed by atoms with E-state index in [0.717, 1.165) is 165 Å². The lowest BCUT2D eigenvalue weighted by Gasteiger charge is -2.44.